The highest BCUT2D eigenvalue weighted by molar-refractivity contribution is 6.23. The maximum Gasteiger partial charge on any atom is 0.262 e. The minimum atomic E-state index is -0.960. The van der Waals surface area contributed by atoms with E-state index in [9.17, 15) is 19.2 Å². The summed E-state index contributed by atoms with van der Waals surface area (Å²) in [6, 6.07) is 11.8. The van der Waals surface area contributed by atoms with Gasteiger partial charge in [-0.05, 0) is 48.4 Å². The molecule has 0 aliphatic carbocycles. The van der Waals surface area contributed by atoms with E-state index in [0.29, 0.717) is 6.54 Å². The molecular weight excluding hydrogens is 412 g/mol. The van der Waals surface area contributed by atoms with Gasteiger partial charge in [-0.25, -0.2) is 0 Å². The molecule has 0 radical (unpaired) electrons. The normalized spacial score (nSPS) is 20.6. The fourth-order valence-corrected chi connectivity index (χ4v) is 4.02. The van der Waals surface area contributed by atoms with E-state index < -0.39 is 29.7 Å². The lowest BCUT2D eigenvalue weighted by Crippen LogP contribution is -2.54. The Morgan fingerprint density at radius 3 is 2.41 bits per heavy atom. The first-order chi connectivity index (χ1) is 15.5. The molecule has 9 nitrogen and oxygen atoms in total. The van der Waals surface area contributed by atoms with Gasteiger partial charge in [0.25, 0.3) is 11.8 Å². The lowest BCUT2D eigenvalue weighted by atomic mass is 10.0. The quantitative estimate of drug-likeness (QED) is 0.582. The number of piperidine rings is 1. The highest BCUT2D eigenvalue weighted by atomic mass is 16.5. The zero-order chi connectivity index (χ0) is 22.2. The number of carbonyl (C=O) groups is 4. The summed E-state index contributed by atoms with van der Waals surface area (Å²) in [4.78, 5) is 50.2. The van der Waals surface area contributed by atoms with Crippen LogP contribution in [0.2, 0.25) is 0 Å². The number of hydrogen-bond acceptors (Lipinski definition) is 7. The Morgan fingerprint density at radius 2 is 1.72 bits per heavy atom. The fourth-order valence-electron chi connectivity index (χ4n) is 4.02. The molecule has 0 aromatic heterocycles. The zero-order valence-electron chi connectivity index (χ0n) is 17.2. The zero-order valence-corrected chi connectivity index (χ0v) is 17.2. The molecule has 0 bridgehead atoms. The Morgan fingerprint density at radius 1 is 0.969 bits per heavy atom. The van der Waals surface area contributed by atoms with Gasteiger partial charge in [-0.2, -0.15) is 0 Å². The average Bonchev–Trinajstić information content (AvgIpc) is 3.00. The van der Waals surface area contributed by atoms with Crippen molar-refractivity contribution in [3.05, 3.63) is 59.2 Å². The summed E-state index contributed by atoms with van der Waals surface area (Å²) in [5.41, 5.74) is 2.28. The highest BCUT2D eigenvalue weighted by Crippen LogP contribution is 2.28. The predicted molar refractivity (Wildman–Crippen MR) is 114 cm³/mol. The molecule has 3 heterocycles. The molecule has 1 unspecified atom stereocenters. The third-order valence-corrected chi connectivity index (χ3v) is 5.90. The van der Waals surface area contributed by atoms with E-state index in [4.69, 9.17) is 4.74 Å². The summed E-state index contributed by atoms with van der Waals surface area (Å²) in [6.45, 7) is 2.18. The first kappa shape index (κ1) is 20.2. The van der Waals surface area contributed by atoms with E-state index in [1.165, 1.54) is 0 Å². The minimum absolute atomic E-state index is 0.0976. The molecule has 3 aliphatic rings. The number of ether oxygens (including phenoxy) is 1. The van der Waals surface area contributed by atoms with Gasteiger partial charge in [0.15, 0.2) is 0 Å². The van der Waals surface area contributed by atoms with E-state index >= 15 is 0 Å². The number of fused-ring (bicyclic) bond motifs is 1. The van der Waals surface area contributed by atoms with Crippen LogP contribution >= 0.6 is 0 Å². The van der Waals surface area contributed by atoms with Crippen LogP contribution in [0.3, 0.4) is 0 Å². The number of imide groups is 2. The molecule has 2 aromatic rings. The van der Waals surface area contributed by atoms with Gasteiger partial charge in [-0.15, -0.1) is 0 Å². The van der Waals surface area contributed by atoms with E-state index in [1.807, 2.05) is 24.3 Å². The predicted octanol–water partition coefficient (Wildman–Crippen LogP) is 1.05. The molecule has 0 spiro atoms. The molecule has 4 amide bonds. The van der Waals surface area contributed by atoms with E-state index in [0.717, 1.165) is 35.0 Å². The number of hydrogen-bond donors (Lipinski definition) is 3. The van der Waals surface area contributed by atoms with Crippen molar-refractivity contribution in [2.75, 3.05) is 18.4 Å². The van der Waals surface area contributed by atoms with Gasteiger partial charge in [0, 0.05) is 31.7 Å². The number of rotatable bonds is 6. The maximum absolute atomic E-state index is 12.9. The summed E-state index contributed by atoms with van der Waals surface area (Å²) in [7, 11) is 0. The summed E-state index contributed by atoms with van der Waals surface area (Å²) in [5.74, 6) is -1.20. The summed E-state index contributed by atoms with van der Waals surface area (Å²) < 4.78 is 5.80. The Balaban J connectivity index is 1.25. The van der Waals surface area contributed by atoms with Crippen LogP contribution in [0.1, 0.15) is 39.1 Å². The van der Waals surface area contributed by atoms with Crippen molar-refractivity contribution in [2.45, 2.75) is 31.5 Å². The standard InChI is InChI=1S/C23H22N4O5/c28-20-8-7-19(21(29)26-20)27-22(30)17-6-1-13(9-18(17)23(27)31)10-25-14-2-4-15(5-3-14)32-16-11-24-12-16/h1-6,9,16,19,24-25H,7-8,10-12H2,(H,26,28,29). The monoisotopic (exact) mass is 434 g/mol. The van der Waals surface area contributed by atoms with Crippen LogP contribution in [0.4, 0.5) is 5.69 Å². The Hall–Kier alpha value is -3.72. The summed E-state index contributed by atoms with van der Waals surface area (Å²) >= 11 is 0. The highest BCUT2D eigenvalue weighted by Gasteiger charge is 2.44. The maximum atomic E-state index is 12.9. The van der Waals surface area contributed by atoms with Crippen molar-refractivity contribution in [1.82, 2.24) is 15.5 Å². The number of benzene rings is 2. The second-order valence-electron chi connectivity index (χ2n) is 8.10. The van der Waals surface area contributed by atoms with Crippen LogP contribution in [0.25, 0.3) is 0 Å². The molecule has 32 heavy (non-hydrogen) atoms. The van der Waals surface area contributed by atoms with Crippen molar-refractivity contribution in [2.24, 2.45) is 0 Å². The van der Waals surface area contributed by atoms with Crippen LogP contribution < -0.4 is 20.7 Å². The van der Waals surface area contributed by atoms with Gasteiger partial charge in [0.05, 0.1) is 11.1 Å². The Labute approximate surface area is 184 Å². The smallest absolute Gasteiger partial charge is 0.262 e. The van der Waals surface area contributed by atoms with E-state index in [2.05, 4.69) is 16.0 Å². The number of carbonyl (C=O) groups excluding carboxylic acids is 4. The molecule has 2 saturated heterocycles. The molecule has 3 N–H and O–H groups in total. The first-order valence-corrected chi connectivity index (χ1v) is 10.6. The molecular formula is C23H22N4O5. The number of nitrogens with one attached hydrogen (secondary N) is 3. The third kappa shape index (κ3) is 3.71. The lowest BCUT2D eigenvalue weighted by Gasteiger charge is -2.27. The number of amides is 4. The molecule has 164 valence electrons. The van der Waals surface area contributed by atoms with Gasteiger partial charge in [0.1, 0.15) is 17.9 Å². The Kier molecular flexibility index (Phi) is 5.10. The fraction of sp³-hybridized carbons (Fsp3) is 0.304. The van der Waals surface area contributed by atoms with Crippen LogP contribution in [-0.2, 0) is 16.1 Å². The van der Waals surface area contributed by atoms with Gasteiger partial charge in [0.2, 0.25) is 11.8 Å². The number of nitrogens with zero attached hydrogens (tertiary/aromatic N) is 1. The molecule has 2 aromatic carbocycles. The van der Waals surface area contributed by atoms with E-state index in [-0.39, 0.29) is 30.1 Å². The van der Waals surface area contributed by atoms with E-state index in [1.54, 1.807) is 18.2 Å². The van der Waals surface area contributed by atoms with Crippen LogP contribution in [-0.4, -0.2) is 53.8 Å². The lowest BCUT2D eigenvalue weighted by molar-refractivity contribution is -0.136. The molecule has 0 saturated carbocycles. The molecule has 9 heteroatoms. The van der Waals surface area contributed by atoms with Crippen molar-refractivity contribution in [3.8, 4) is 5.75 Å². The van der Waals surface area contributed by atoms with Crippen LogP contribution in [0.15, 0.2) is 42.5 Å². The van der Waals surface area contributed by atoms with Crippen molar-refractivity contribution in [1.29, 1.82) is 0 Å². The first-order valence-electron chi connectivity index (χ1n) is 10.6. The molecule has 3 aliphatic heterocycles. The van der Waals surface area contributed by atoms with Crippen molar-refractivity contribution < 1.29 is 23.9 Å². The second kappa shape index (κ2) is 8.08. The summed E-state index contributed by atoms with van der Waals surface area (Å²) in [6.07, 6.45) is 0.460. The van der Waals surface area contributed by atoms with Crippen LogP contribution in [0.5, 0.6) is 5.75 Å². The van der Waals surface area contributed by atoms with Gasteiger partial charge >= 0.3 is 0 Å². The molecule has 1 atom stereocenters. The molecule has 2 fully saturated rings. The third-order valence-electron chi connectivity index (χ3n) is 5.90. The van der Waals surface area contributed by atoms with Gasteiger partial charge < -0.3 is 15.4 Å². The second-order valence-corrected chi connectivity index (χ2v) is 8.10. The largest absolute Gasteiger partial charge is 0.488 e. The Bertz CT molecular complexity index is 1110. The minimum Gasteiger partial charge on any atom is -0.488 e. The van der Waals surface area contributed by atoms with Gasteiger partial charge in [-0.1, -0.05) is 6.07 Å². The topological polar surface area (TPSA) is 117 Å². The SMILES string of the molecule is O=C1CCC(N2C(=O)c3ccc(CNc4ccc(OC5CNC5)cc4)cc3C2=O)C(=O)N1. The number of anilines is 1. The van der Waals surface area contributed by atoms with Crippen molar-refractivity contribution in [3.63, 3.8) is 0 Å². The average molecular weight is 434 g/mol. The van der Waals surface area contributed by atoms with Gasteiger partial charge in [-0.3, -0.25) is 29.4 Å². The molecule has 5 rings (SSSR count). The van der Waals surface area contributed by atoms with Crippen molar-refractivity contribution >= 4 is 29.3 Å². The summed E-state index contributed by atoms with van der Waals surface area (Å²) in [5, 5.41) is 8.65. The van der Waals surface area contributed by atoms with Crippen LogP contribution in [0, 0.1) is 0 Å².